The second-order valence-corrected chi connectivity index (χ2v) is 8.75. The van der Waals surface area contributed by atoms with Crippen LogP contribution in [0.25, 0.3) is 10.9 Å². The Kier molecular flexibility index (Phi) is 12.2. The van der Waals surface area contributed by atoms with Gasteiger partial charge in [-0.05, 0) is 69.3 Å². The zero-order valence-electron chi connectivity index (χ0n) is 23.1. The average molecular weight is 547 g/mol. The van der Waals surface area contributed by atoms with Crippen molar-refractivity contribution in [2.45, 2.75) is 45.5 Å². The number of piperidine rings is 1. The Morgan fingerprint density at radius 1 is 1.15 bits per heavy atom. The maximum Gasteiger partial charge on any atom is 0.406 e. The standard InChI is InChI=1S/C28H32F4N4O.C2H6/c1-5-8-24(26(37-4)9-6-2)33-15-7-10-21-18-22-25(36(21)19-28(30,31)32)12-11-23(29)27(22)34-20-13-16-35(3)17-14-20;1-2/h5-6,8-9,11-12,18,20,33-34H,1-2,13-17,19H2,3-4H3;1-2H3/b24-8+,26-9+;. The molecule has 212 valence electrons. The van der Waals surface area contributed by atoms with Crippen LogP contribution in [0.2, 0.25) is 0 Å². The van der Waals surface area contributed by atoms with E-state index in [0.29, 0.717) is 16.8 Å². The van der Waals surface area contributed by atoms with Gasteiger partial charge in [-0.25, -0.2) is 4.39 Å². The summed E-state index contributed by atoms with van der Waals surface area (Å²) < 4.78 is 61.7. The molecule has 0 amide bonds. The van der Waals surface area contributed by atoms with Crippen molar-refractivity contribution in [1.29, 1.82) is 0 Å². The van der Waals surface area contributed by atoms with Gasteiger partial charge in [0.05, 0.1) is 36.2 Å². The predicted molar refractivity (Wildman–Crippen MR) is 152 cm³/mol. The van der Waals surface area contributed by atoms with Crippen LogP contribution < -0.4 is 10.6 Å². The lowest BCUT2D eigenvalue weighted by Gasteiger charge is -2.30. The van der Waals surface area contributed by atoms with Crippen LogP contribution in [-0.4, -0.2) is 55.5 Å². The van der Waals surface area contributed by atoms with Crippen molar-refractivity contribution in [3.8, 4) is 11.8 Å². The highest BCUT2D eigenvalue weighted by atomic mass is 19.4. The largest absolute Gasteiger partial charge is 0.495 e. The molecule has 1 aliphatic rings. The number of fused-ring (bicyclic) bond motifs is 1. The van der Waals surface area contributed by atoms with Crippen LogP contribution in [0, 0.1) is 17.7 Å². The SMILES string of the molecule is C=C/C=C(NCC#Cc1cc2c(NC3CCN(C)CC3)c(F)ccc2n1CC(F)(F)F)\C(=C/C=C)OC.CC. The number of benzene rings is 1. The van der Waals surface area contributed by atoms with Crippen molar-refractivity contribution in [1.82, 2.24) is 14.8 Å². The maximum absolute atomic E-state index is 14.9. The lowest BCUT2D eigenvalue weighted by molar-refractivity contribution is -0.140. The first-order valence-corrected chi connectivity index (χ1v) is 12.9. The summed E-state index contributed by atoms with van der Waals surface area (Å²) in [5.41, 5.74) is 1.22. The molecule has 1 fully saturated rings. The van der Waals surface area contributed by atoms with Gasteiger partial charge in [0.15, 0.2) is 0 Å². The predicted octanol–water partition coefficient (Wildman–Crippen LogP) is 6.60. The van der Waals surface area contributed by atoms with Gasteiger partial charge in [0.1, 0.15) is 18.1 Å². The number of alkyl halides is 3. The molecule has 0 spiro atoms. The number of allylic oxidation sites excluding steroid dienone is 4. The molecule has 5 nitrogen and oxygen atoms in total. The quantitative estimate of drug-likeness (QED) is 0.161. The second-order valence-electron chi connectivity index (χ2n) is 8.75. The molecule has 0 saturated carbocycles. The summed E-state index contributed by atoms with van der Waals surface area (Å²) in [6.45, 7) is 11.9. The molecule has 1 saturated heterocycles. The Bertz CT molecular complexity index is 1240. The van der Waals surface area contributed by atoms with E-state index in [2.05, 4.69) is 40.5 Å². The lowest BCUT2D eigenvalue weighted by Crippen LogP contribution is -2.36. The van der Waals surface area contributed by atoms with E-state index in [4.69, 9.17) is 4.74 Å². The normalized spacial score (nSPS) is 15.1. The molecule has 2 heterocycles. The molecule has 0 atom stereocenters. The van der Waals surface area contributed by atoms with E-state index in [1.807, 2.05) is 20.9 Å². The lowest BCUT2D eigenvalue weighted by atomic mass is 10.0. The van der Waals surface area contributed by atoms with Crippen molar-refractivity contribution >= 4 is 16.6 Å². The van der Waals surface area contributed by atoms with Crippen LogP contribution >= 0.6 is 0 Å². The van der Waals surface area contributed by atoms with Crippen LogP contribution in [0.1, 0.15) is 32.4 Å². The maximum atomic E-state index is 14.9. The van der Waals surface area contributed by atoms with Gasteiger partial charge >= 0.3 is 6.18 Å². The number of hydrogen-bond acceptors (Lipinski definition) is 4. The summed E-state index contributed by atoms with van der Waals surface area (Å²) in [6, 6.07) is 4.13. The Labute approximate surface area is 228 Å². The monoisotopic (exact) mass is 546 g/mol. The number of methoxy groups -OCH3 is 1. The Morgan fingerprint density at radius 2 is 1.82 bits per heavy atom. The summed E-state index contributed by atoms with van der Waals surface area (Å²) in [5.74, 6) is 5.69. The molecule has 0 bridgehead atoms. The number of hydrogen-bond donors (Lipinski definition) is 2. The minimum atomic E-state index is -4.47. The molecule has 1 aromatic heterocycles. The van der Waals surface area contributed by atoms with Gasteiger partial charge in [0, 0.05) is 11.4 Å². The van der Waals surface area contributed by atoms with Crippen molar-refractivity contribution in [3.63, 3.8) is 0 Å². The zero-order valence-corrected chi connectivity index (χ0v) is 23.1. The first-order valence-electron chi connectivity index (χ1n) is 12.9. The zero-order chi connectivity index (χ0) is 29.0. The molecule has 2 aromatic rings. The molecule has 39 heavy (non-hydrogen) atoms. The van der Waals surface area contributed by atoms with Gasteiger partial charge < -0.3 is 24.8 Å². The van der Waals surface area contributed by atoms with Gasteiger partial charge in [0.2, 0.25) is 0 Å². The molecule has 0 radical (unpaired) electrons. The molecule has 0 aliphatic carbocycles. The third kappa shape index (κ3) is 8.96. The van der Waals surface area contributed by atoms with E-state index in [0.717, 1.165) is 30.5 Å². The van der Waals surface area contributed by atoms with Crippen LogP contribution in [-0.2, 0) is 11.3 Å². The molecule has 3 rings (SSSR count). The topological polar surface area (TPSA) is 41.5 Å². The minimum Gasteiger partial charge on any atom is -0.495 e. The molecular weight excluding hydrogens is 508 g/mol. The van der Waals surface area contributed by atoms with E-state index in [9.17, 15) is 17.6 Å². The third-order valence-electron chi connectivity index (χ3n) is 6.06. The van der Waals surface area contributed by atoms with Crippen LogP contribution in [0.15, 0.2) is 67.1 Å². The summed E-state index contributed by atoms with van der Waals surface area (Å²) in [4.78, 5) is 2.19. The van der Waals surface area contributed by atoms with Gasteiger partial charge in [-0.2, -0.15) is 13.2 Å². The number of ether oxygens (including phenoxy) is 1. The molecular formula is C30H38F4N4O. The van der Waals surface area contributed by atoms with Crippen molar-refractivity contribution in [2.24, 2.45) is 0 Å². The smallest absolute Gasteiger partial charge is 0.406 e. The number of aromatic nitrogens is 1. The molecule has 9 heteroatoms. The Morgan fingerprint density at radius 3 is 2.41 bits per heavy atom. The van der Waals surface area contributed by atoms with Gasteiger partial charge in [0.25, 0.3) is 0 Å². The number of halogens is 4. The highest BCUT2D eigenvalue weighted by molar-refractivity contribution is 5.94. The fourth-order valence-electron chi connectivity index (χ4n) is 4.26. The summed E-state index contributed by atoms with van der Waals surface area (Å²) in [7, 11) is 3.53. The number of anilines is 1. The fourth-order valence-corrected chi connectivity index (χ4v) is 4.26. The summed E-state index contributed by atoms with van der Waals surface area (Å²) >= 11 is 0. The van der Waals surface area contributed by atoms with E-state index in [1.54, 1.807) is 24.3 Å². The minimum absolute atomic E-state index is 0.0367. The number of nitrogens with zero attached hydrogens (tertiary/aromatic N) is 2. The average Bonchev–Trinajstić information content (AvgIpc) is 3.24. The molecule has 0 unspecified atom stereocenters. The second kappa shape index (κ2) is 15.1. The van der Waals surface area contributed by atoms with Crippen LogP contribution in [0.3, 0.4) is 0 Å². The Hall–Kier alpha value is -3.64. The van der Waals surface area contributed by atoms with Crippen LogP contribution in [0.5, 0.6) is 0 Å². The first kappa shape index (κ1) is 31.6. The van der Waals surface area contributed by atoms with E-state index < -0.39 is 18.5 Å². The van der Waals surface area contributed by atoms with Gasteiger partial charge in [-0.15, -0.1) is 0 Å². The van der Waals surface area contributed by atoms with E-state index in [-0.39, 0.29) is 29.5 Å². The number of nitrogens with one attached hydrogen (secondary N) is 2. The van der Waals surface area contributed by atoms with E-state index >= 15 is 0 Å². The molecule has 1 aromatic carbocycles. The number of rotatable bonds is 9. The molecule has 1 aliphatic heterocycles. The van der Waals surface area contributed by atoms with Crippen molar-refractivity contribution in [3.05, 3.63) is 78.6 Å². The van der Waals surface area contributed by atoms with Gasteiger partial charge in [-0.3, -0.25) is 0 Å². The highest BCUT2D eigenvalue weighted by Gasteiger charge is 2.30. The van der Waals surface area contributed by atoms with Gasteiger partial charge in [-0.1, -0.05) is 45.1 Å². The van der Waals surface area contributed by atoms with E-state index in [1.165, 1.54) is 25.3 Å². The first-order chi connectivity index (χ1) is 18.7. The van der Waals surface area contributed by atoms with Crippen molar-refractivity contribution < 1.29 is 22.3 Å². The summed E-state index contributed by atoms with van der Waals surface area (Å²) in [6.07, 6.45) is 3.64. The highest BCUT2D eigenvalue weighted by Crippen LogP contribution is 2.33. The van der Waals surface area contributed by atoms with Crippen LogP contribution in [0.4, 0.5) is 23.2 Å². The third-order valence-corrected chi connectivity index (χ3v) is 6.06. The molecule has 2 N–H and O–H groups in total. The summed E-state index contributed by atoms with van der Waals surface area (Å²) in [5, 5.41) is 6.69. The number of likely N-dealkylation sites (tertiary alicyclic amines) is 1. The fraction of sp³-hybridized carbons (Fsp3) is 0.400. The Balaban J connectivity index is 0.00000260. The van der Waals surface area contributed by atoms with Crippen molar-refractivity contribution in [2.75, 3.05) is 39.1 Å².